The van der Waals surface area contributed by atoms with Crippen molar-refractivity contribution < 1.29 is 23.8 Å². The number of thioether (sulfide) groups is 1. The molecule has 164 valence electrons. The minimum atomic E-state index is -0.393. The molecule has 0 spiro atoms. The first-order chi connectivity index (χ1) is 14.8. The molecule has 0 atom stereocenters. The number of para-hydroxylation sites is 1. The molecule has 0 aliphatic carbocycles. The van der Waals surface area contributed by atoms with E-state index in [0.717, 1.165) is 16.7 Å². The van der Waals surface area contributed by atoms with E-state index >= 15 is 0 Å². The molecule has 6 nitrogen and oxygen atoms in total. The van der Waals surface area contributed by atoms with Crippen molar-refractivity contribution in [1.29, 1.82) is 0 Å². The van der Waals surface area contributed by atoms with Crippen LogP contribution < -0.4 is 14.2 Å². The molecular formula is C22H21Cl2NO5S. The molecular weight excluding hydrogens is 461 g/mol. The van der Waals surface area contributed by atoms with Crippen LogP contribution in [0.4, 0.5) is 4.79 Å². The van der Waals surface area contributed by atoms with E-state index in [9.17, 15) is 9.59 Å². The molecule has 0 N–H and O–H groups in total. The summed E-state index contributed by atoms with van der Waals surface area (Å²) in [5.74, 6) is 0.980. The van der Waals surface area contributed by atoms with Gasteiger partial charge in [0.2, 0.25) is 0 Å². The predicted octanol–water partition coefficient (Wildman–Crippen LogP) is 5.90. The zero-order chi connectivity index (χ0) is 22.5. The Kier molecular flexibility index (Phi) is 7.75. The van der Waals surface area contributed by atoms with Crippen LogP contribution in [0.2, 0.25) is 10.0 Å². The van der Waals surface area contributed by atoms with Crippen LogP contribution in [0.3, 0.4) is 0 Å². The molecule has 31 heavy (non-hydrogen) atoms. The van der Waals surface area contributed by atoms with E-state index in [1.807, 2.05) is 13.8 Å². The fourth-order valence-electron chi connectivity index (χ4n) is 2.83. The Hall–Kier alpha value is -2.35. The number of methoxy groups -OCH3 is 1. The predicted molar refractivity (Wildman–Crippen MR) is 123 cm³/mol. The lowest BCUT2D eigenvalue weighted by Crippen LogP contribution is -2.32. The second-order valence-electron chi connectivity index (χ2n) is 6.81. The Labute approximate surface area is 195 Å². The third-order valence-corrected chi connectivity index (χ3v) is 5.69. The lowest BCUT2D eigenvalue weighted by molar-refractivity contribution is -0.123. The second-order valence-corrected chi connectivity index (χ2v) is 8.62. The summed E-state index contributed by atoms with van der Waals surface area (Å²) in [6.07, 6.45) is 1.52. The summed E-state index contributed by atoms with van der Waals surface area (Å²) in [5, 5.41) is 0.454. The summed E-state index contributed by atoms with van der Waals surface area (Å²) < 4.78 is 16.7. The van der Waals surface area contributed by atoms with Gasteiger partial charge in [-0.05, 0) is 61.5 Å². The van der Waals surface area contributed by atoms with Gasteiger partial charge in [0, 0.05) is 0 Å². The van der Waals surface area contributed by atoms with Crippen molar-refractivity contribution in [3.63, 3.8) is 0 Å². The molecule has 2 aromatic rings. The number of nitrogens with zero attached hydrogens (tertiary/aromatic N) is 1. The highest BCUT2D eigenvalue weighted by atomic mass is 35.5. The van der Waals surface area contributed by atoms with Crippen molar-refractivity contribution in [1.82, 2.24) is 4.90 Å². The molecule has 1 heterocycles. The zero-order valence-corrected chi connectivity index (χ0v) is 19.5. The first-order valence-electron chi connectivity index (χ1n) is 9.47. The Bertz CT molecular complexity index is 1020. The lowest BCUT2D eigenvalue weighted by Gasteiger charge is -2.15. The smallest absolute Gasteiger partial charge is 0.293 e. The lowest BCUT2D eigenvalue weighted by atomic mass is 10.1. The van der Waals surface area contributed by atoms with E-state index in [1.165, 1.54) is 7.11 Å². The summed E-state index contributed by atoms with van der Waals surface area (Å²) >= 11 is 13.3. The molecule has 2 amide bonds. The van der Waals surface area contributed by atoms with Crippen LogP contribution in [0.1, 0.15) is 19.4 Å². The number of hydrogen-bond acceptors (Lipinski definition) is 6. The van der Waals surface area contributed by atoms with Crippen LogP contribution in [0.5, 0.6) is 17.2 Å². The van der Waals surface area contributed by atoms with Gasteiger partial charge in [0.15, 0.2) is 11.5 Å². The van der Waals surface area contributed by atoms with Crippen molar-refractivity contribution in [2.45, 2.75) is 20.0 Å². The molecule has 2 aromatic carbocycles. The number of imide groups is 1. The van der Waals surface area contributed by atoms with Crippen molar-refractivity contribution in [3.8, 4) is 17.2 Å². The number of benzene rings is 2. The van der Waals surface area contributed by atoms with Crippen LogP contribution in [-0.2, 0) is 4.79 Å². The van der Waals surface area contributed by atoms with Crippen molar-refractivity contribution in [2.75, 3.05) is 20.3 Å². The number of rotatable bonds is 8. The first kappa shape index (κ1) is 23.3. The van der Waals surface area contributed by atoms with Gasteiger partial charge in [-0.1, -0.05) is 35.3 Å². The zero-order valence-electron chi connectivity index (χ0n) is 17.2. The van der Waals surface area contributed by atoms with Gasteiger partial charge in [0.05, 0.1) is 34.7 Å². The Morgan fingerprint density at radius 1 is 1.10 bits per heavy atom. The normalized spacial score (nSPS) is 15.2. The van der Waals surface area contributed by atoms with Crippen molar-refractivity contribution in [3.05, 3.63) is 56.9 Å². The van der Waals surface area contributed by atoms with Gasteiger partial charge in [-0.25, -0.2) is 0 Å². The summed E-state index contributed by atoms with van der Waals surface area (Å²) in [6, 6.07) is 10.4. The highest BCUT2D eigenvalue weighted by molar-refractivity contribution is 8.18. The van der Waals surface area contributed by atoms with E-state index in [1.54, 1.807) is 42.5 Å². The number of hydrogen-bond donors (Lipinski definition) is 0. The topological polar surface area (TPSA) is 65.1 Å². The largest absolute Gasteiger partial charge is 0.493 e. The molecule has 0 aromatic heterocycles. The number of ether oxygens (including phenoxy) is 3. The molecule has 0 bridgehead atoms. The highest BCUT2D eigenvalue weighted by Crippen LogP contribution is 2.39. The first-order valence-corrected chi connectivity index (χ1v) is 11.0. The second kappa shape index (κ2) is 10.3. The third kappa shape index (κ3) is 5.67. The Morgan fingerprint density at radius 3 is 2.52 bits per heavy atom. The van der Waals surface area contributed by atoms with Gasteiger partial charge >= 0.3 is 0 Å². The molecule has 0 radical (unpaired) electrons. The Balaban J connectivity index is 1.72. The molecule has 1 fully saturated rings. The molecule has 0 unspecified atom stereocenters. The van der Waals surface area contributed by atoms with E-state index < -0.39 is 5.91 Å². The summed E-state index contributed by atoms with van der Waals surface area (Å²) in [6.45, 7) is 4.01. The highest BCUT2D eigenvalue weighted by Gasteiger charge is 2.35. The van der Waals surface area contributed by atoms with E-state index in [-0.39, 0.29) is 24.5 Å². The van der Waals surface area contributed by atoms with Gasteiger partial charge in [-0.15, -0.1) is 0 Å². The summed E-state index contributed by atoms with van der Waals surface area (Å²) in [4.78, 5) is 26.5. The van der Waals surface area contributed by atoms with Crippen LogP contribution in [0, 0.1) is 0 Å². The fourth-order valence-corrected chi connectivity index (χ4v) is 4.14. The van der Waals surface area contributed by atoms with Crippen LogP contribution in [-0.4, -0.2) is 42.4 Å². The van der Waals surface area contributed by atoms with Crippen molar-refractivity contribution >= 4 is 52.2 Å². The number of amides is 2. The standard InChI is InChI=1S/C22H21Cl2NO5S/c1-13(2)30-20-16(24)10-14(11-18(20)28-3)12-19-21(26)25(22(27)31-19)8-9-29-17-7-5-4-6-15(17)23/h4-7,10-13H,8-9H2,1-3H3/b19-12-. The molecule has 9 heteroatoms. The fraction of sp³-hybridized carbons (Fsp3) is 0.273. The molecule has 1 saturated heterocycles. The van der Waals surface area contributed by atoms with Crippen LogP contribution in [0.15, 0.2) is 41.3 Å². The average molecular weight is 482 g/mol. The number of carbonyl (C=O) groups excluding carboxylic acids is 2. The monoisotopic (exact) mass is 481 g/mol. The van der Waals surface area contributed by atoms with Crippen LogP contribution in [0.25, 0.3) is 6.08 Å². The van der Waals surface area contributed by atoms with Gasteiger partial charge in [-0.3, -0.25) is 14.5 Å². The third-order valence-electron chi connectivity index (χ3n) is 4.19. The molecule has 1 aliphatic heterocycles. The Morgan fingerprint density at radius 2 is 1.84 bits per heavy atom. The minimum Gasteiger partial charge on any atom is -0.493 e. The molecule has 3 rings (SSSR count). The maximum atomic E-state index is 12.7. The quantitative estimate of drug-likeness (QED) is 0.437. The van der Waals surface area contributed by atoms with E-state index in [0.29, 0.717) is 37.8 Å². The maximum absolute atomic E-state index is 12.7. The average Bonchev–Trinajstić information content (AvgIpc) is 2.98. The van der Waals surface area contributed by atoms with Gasteiger partial charge in [0.1, 0.15) is 12.4 Å². The summed E-state index contributed by atoms with van der Waals surface area (Å²) in [7, 11) is 1.51. The van der Waals surface area contributed by atoms with E-state index in [4.69, 9.17) is 37.4 Å². The van der Waals surface area contributed by atoms with Gasteiger partial charge in [0.25, 0.3) is 11.1 Å². The van der Waals surface area contributed by atoms with Gasteiger partial charge < -0.3 is 14.2 Å². The number of carbonyl (C=O) groups is 2. The maximum Gasteiger partial charge on any atom is 0.293 e. The van der Waals surface area contributed by atoms with Crippen LogP contribution >= 0.6 is 35.0 Å². The molecule has 0 saturated carbocycles. The van der Waals surface area contributed by atoms with Gasteiger partial charge in [-0.2, -0.15) is 0 Å². The SMILES string of the molecule is COc1cc(/C=C2\SC(=O)N(CCOc3ccccc3Cl)C2=O)cc(Cl)c1OC(C)C. The number of halogens is 2. The van der Waals surface area contributed by atoms with E-state index in [2.05, 4.69) is 0 Å². The summed E-state index contributed by atoms with van der Waals surface area (Å²) in [5.41, 5.74) is 0.621. The minimum absolute atomic E-state index is 0.0817. The van der Waals surface area contributed by atoms with Crippen molar-refractivity contribution in [2.24, 2.45) is 0 Å². The molecule has 1 aliphatic rings.